The standard InChI is InChI=1S/C14H8BrF3O/c1-7-2-3-8(4-10(7)15)14(19)13-11(17)5-9(16)6-12(13)18/h2-6H,1H3. The van der Waals surface area contributed by atoms with Gasteiger partial charge in [-0.25, -0.2) is 13.2 Å². The molecule has 0 radical (unpaired) electrons. The molecule has 0 atom stereocenters. The van der Waals surface area contributed by atoms with Gasteiger partial charge in [-0.3, -0.25) is 4.79 Å². The molecule has 1 nitrogen and oxygen atoms in total. The van der Waals surface area contributed by atoms with Crippen LogP contribution in [-0.4, -0.2) is 5.78 Å². The SMILES string of the molecule is Cc1ccc(C(=O)c2c(F)cc(F)cc2F)cc1Br. The van der Waals surface area contributed by atoms with Gasteiger partial charge in [-0.1, -0.05) is 28.1 Å². The van der Waals surface area contributed by atoms with E-state index >= 15 is 0 Å². The zero-order valence-corrected chi connectivity index (χ0v) is 11.4. The lowest BCUT2D eigenvalue weighted by Crippen LogP contribution is -2.08. The first-order valence-corrected chi connectivity index (χ1v) is 6.15. The molecule has 98 valence electrons. The van der Waals surface area contributed by atoms with Crippen LogP contribution in [0.2, 0.25) is 0 Å². The number of ketones is 1. The summed E-state index contributed by atoms with van der Waals surface area (Å²) in [7, 11) is 0. The van der Waals surface area contributed by atoms with Crippen molar-refractivity contribution >= 4 is 21.7 Å². The molecule has 0 aliphatic rings. The molecular weight excluding hydrogens is 321 g/mol. The summed E-state index contributed by atoms with van der Waals surface area (Å²) in [5, 5.41) is 0. The summed E-state index contributed by atoms with van der Waals surface area (Å²) < 4.78 is 40.5. The van der Waals surface area contributed by atoms with Gasteiger partial charge in [-0.15, -0.1) is 0 Å². The first kappa shape index (κ1) is 13.8. The van der Waals surface area contributed by atoms with Gasteiger partial charge < -0.3 is 0 Å². The Balaban J connectivity index is 2.53. The van der Waals surface area contributed by atoms with Crippen LogP contribution in [0.1, 0.15) is 21.5 Å². The quantitative estimate of drug-likeness (QED) is 0.746. The van der Waals surface area contributed by atoms with Gasteiger partial charge in [0.05, 0.1) is 5.56 Å². The van der Waals surface area contributed by atoms with Crippen molar-refractivity contribution in [2.45, 2.75) is 6.92 Å². The van der Waals surface area contributed by atoms with Gasteiger partial charge in [0.2, 0.25) is 0 Å². The summed E-state index contributed by atoms with van der Waals surface area (Å²) in [6.45, 7) is 1.82. The third kappa shape index (κ3) is 2.71. The Hall–Kier alpha value is -1.62. The number of carbonyl (C=O) groups excluding carboxylic acids is 1. The van der Waals surface area contributed by atoms with E-state index in [1.54, 1.807) is 6.07 Å². The Kier molecular flexibility index (Phi) is 3.75. The molecule has 0 aliphatic carbocycles. The molecule has 0 bridgehead atoms. The fraction of sp³-hybridized carbons (Fsp3) is 0.0714. The molecule has 0 aromatic heterocycles. The highest BCUT2D eigenvalue weighted by Gasteiger charge is 2.20. The predicted molar refractivity (Wildman–Crippen MR) is 68.6 cm³/mol. The lowest BCUT2D eigenvalue weighted by atomic mass is 10.0. The van der Waals surface area contributed by atoms with Crippen LogP contribution in [0.15, 0.2) is 34.8 Å². The van der Waals surface area contributed by atoms with E-state index in [4.69, 9.17) is 0 Å². The molecule has 0 amide bonds. The van der Waals surface area contributed by atoms with Crippen molar-refractivity contribution in [2.75, 3.05) is 0 Å². The molecule has 0 unspecified atom stereocenters. The fourth-order valence-corrected chi connectivity index (χ4v) is 2.02. The molecule has 0 aliphatic heterocycles. The van der Waals surface area contributed by atoms with Crippen molar-refractivity contribution in [1.82, 2.24) is 0 Å². The zero-order valence-electron chi connectivity index (χ0n) is 9.81. The highest BCUT2D eigenvalue weighted by Crippen LogP contribution is 2.22. The topological polar surface area (TPSA) is 17.1 Å². The largest absolute Gasteiger partial charge is 0.288 e. The van der Waals surface area contributed by atoms with Gasteiger partial charge >= 0.3 is 0 Å². The maximum Gasteiger partial charge on any atom is 0.198 e. The van der Waals surface area contributed by atoms with Crippen LogP contribution in [0.25, 0.3) is 0 Å². The van der Waals surface area contributed by atoms with Crippen LogP contribution in [-0.2, 0) is 0 Å². The summed E-state index contributed by atoms with van der Waals surface area (Å²) in [5.74, 6) is -4.30. The molecule has 2 aromatic carbocycles. The van der Waals surface area contributed by atoms with Crippen LogP contribution in [0, 0.1) is 24.4 Å². The summed E-state index contributed by atoms with van der Waals surface area (Å²) in [4.78, 5) is 12.0. The number of rotatable bonds is 2. The van der Waals surface area contributed by atoms with E-state index in [0.29, 0.717) is 16.6 Å². The number of carbonyl (C=O) groups is 1. The molecule has 0 heterocycles. The van der Waals surface area contributed by atoms with E-state index in [0.717, 1.165) is 5.56 Å². The van der Waals surface area contributed by atoms with E-state index in [1.165, 1.54) is 12.1 Å². The van der Waals surface area contributed by atoms with Crippen LogP contribution in [0.4, 0.5) is 13.2 Å². The van der Waals surface area contributed by atoms with Crippen LogP contribution >= 0.6 is 15.9 Å². The van der Waals surface area contributed by atoms with Crippen molar-refractivity contribution < 1.29 is 18.0 Å². The number of hydrogen-bond donors (Lipinski definition) is 0. The van der Waals surface area contributed by atoms with Crippen molar-refractivity contribution in [3.63, 3.8) is 0 Å². The van der Waals surface area contributed by atoms with Crippen molar-refractivity contribution in [2.24, 2.45) is 0 Å². The summed E-state index contributed by atoms with van der Waals surface area (Å²) in [6, 6.07) is 5.56. The molecule has 0 fully saturated rings. The normalized spacial score (nSPS) is 10.6. The second kappa shape index (κ2) is 5.17. The van der Waals surface area contributed by atoms with Gasteiger partial charge in [0.25, 0.3) is 0 Å². The van der Waals surface area contributed by atoms with Gasteiger partial charge in [0.15, 0.2) is 5.78 Å². The summed E-state index contributed by atoms with van der Waals surface area (Å²) in [6.07, 6.45) is 0. The lowest BCUT2D eigenvalue weighted by molar-refractivity contribution is 0.103. The predicted octanol–water partition coefficient (Wildman–Crippen LogP) is 4.41. The molecule has 5 heteroatoms. The van der Waals surface area contributed by atoms with E-state index < -0.39 is 28.8 Å². The minimum Gasteiger partial charge on any atom is -0.288 e. The molecule has 0 saturated heterocycles. The molecule has 0 spiro atoms. The molecule has 2 rings (SSSR count). The van der Waals surface area contributed by atoms with E-state index in [1.807, 2.05) is 6.92 Å². The minimum absolute atomic E-state index is 0.127. The first-order valence-electron chi connectivity index (χ1n) is 5.35. The Morgan fingerprint density at radius 3 is 2.16 bits per heavy atom. The molecule has 0 saturated carbocycles. The van der Waals surface area contributed by atoms with E-state index in [9.17, 15) is 18.0 Å². The monoisotopic (exact) mass is 328 g/mol. The van der Waals surface area contributed by atoms with Crippen molar-refractivity contribution in [3.05, 3.63) is 68.9 Å². The Morgan fingerprint density at radius 1 is 1.05 bits per heavy atom. The molecular formula is C14H8BrF3O. The highest BCUT2D eigenvalue weighted by molar-refractivity contribution is 9.10. The maximum absolute atomic E-state index is 13.5. The van der Waals surface area contributed by atoms with Crippen molar-refractivity contribution in [1.29, 1.82) is 0 Å². The highest BCUT2D eigenvalue weighted by atomic mass is 79.9. The van der Waals surface area contributed by atoms with Gasteiger partial charge in [-0.2, -0.15) is 0 Å². The number of aryl methyl sites for hydroxylation is 1. The number of hydrogen-bond acceptors (Lipinski definition) is 1. The van der Waals surface area contributed by atoms with Crippen LogP contribution < -0.4 is 0 Å². The lowest BCUT2D eigenvalue weighted by Gasteiger charge is -2.06. The summed E-state index contributed by atoms with van der Waals surface area (Å²) >= 11 is 3.24. The molecule has 2 aromatic rings. The van der Waals surface area contributed by atoms with Crippen LogP contribution in [0.5, 0.6) is 0 Å². The Morgan fingerprint density at radius 2 is 1.63 bits per heavy atom. The third-order valence-electron chi connectivity index (χ3n) is 2.67. The average molecular weight is 329 g/mol. The maximum atomic E-state index is 13.5. The van der Waals surface area contributed by atoms with E-state index in [-0.39, 0.29) is 5.56 Å². The van der Waals surface area contributed by atoms with Gasteiger partial charge in [0, 0.05) is 22.2 Å². The minimum atomic E-state index is -1.21. The van der Waals surface area contributed by atoms with Gasteiger partial charge in [0.1, 0.15) is 17.5 Å². The second-order valence-electron chi connectivity index (χ2n) is 4.04. The van der Waals surface area contributed by atoms with E-state index in [2.05, 4.69) is 15.9 Å². The smallest absolute Gasteiger partial charge is 0.198 e. The average Bonchev–Trinajstić information content (AvgIpc) is 2.31. The van der Waals surface area contributed by atoms with Crippen LogP contribution in [0.3, 0.4) is 0 Å². The third-order valence-corrected chi connectivity index (χ3v) is 3.52. The number of halogens is 4. The Bertz CT molecular complexity index is 645. The van der Waals surface area contributed by atoms with Gasteiger partial charge in [-0.05, 0) is 18.6 Å². The fourth-order valence-electron chi connectivity index (χ4n) is 1.64. The summed E-state index contributed by atoms with van der Waals surface area (Å²) in [5.41, 5.74) is 0.260. The second-order valence-corrected chi connectivity index (χ2v) is 4.89. The molecule has 19 heavy (non-hydrogen) atoms. The Labute approximate surface area is 116 Å². The first-order chi connectivity index (χ1) is 8.90. The zero-order chi connectivity index (χ0) is 14.2. The van der Waals surface area contributed by atoms with Crippen molar-refractivity contribution in [3.8, 4) is 0 Å². The number of benzene rings is 2. The molecule has 0 N–H and O–H groups in total.